The second kappa shape index (κ2) is 11.2. The SMILES string of the molecule is COc1cc(N)c(C(=N)c2cnc(N3CC(C)(CS(C)=O)C3)c(C#N)c2)cc1OCc1c(Cl)cncc1Cl. The summed E-state index contributed by atoms with van der Waals surface area (Å²) in [6.45, 7) is 3.43. The monoisotopic (exact) mass is 572 g/mol. The molecule has 0 amide bonds. The Hall–Kier alpha value is -3.39. The van der Waals surface area contributed by atoms with Crippen molar-refractivity contribution in [1.82, 2.24) is 9.97 Å². The van der Waals surface area contributed by atoms with E-state index >= 15 is 0 Å². The first-order chi connectivity index (χ1) is 18.0. The molecule has 0 spiro atoms. The van der Waals surface area contributed by atoms with Gasteiger partial charge in [-0.15, -0.1) is 0 Å². The number of aromatic nitrogens is 2. The van der Waals surface area contributed by atoms with Crippen molar-refractivity contribution < 1.29 is 13.7 Å². The molecule has 3 heterocycles. The molecule has 0 radical (unpaired) electrons. The van der Waals surface area contributed by atoms with E-state index in [4.69, 9.17) is 43.8 Å². The van der Waals surface area contributed by atoms with Crippen molar-refractivity contribution in [3.63, 3.8) is 0 Å². The quantitative estimate of drug-likeness (QED) is 0.283. The zero-order valence-electron chi connectivity index (χ0n) is 21.0. The van der Waals surface area contributed by atoms with Gasteiger partial charge in [0, 0.05) is 88.3 Å². The second-order valence-electron chi connectivity index (χ2n) is 9.43. The number of methoxy groups -OCH3 is 1. The highest BCUT2D eigenvalue weighted by Gasteiger charge is 2.41. The molecule has 3 aromatic rings. The molecule has 3 N–H and O–H groups in total. The van der Waals surface area contributed by atoms with E-state index in [1.54, 1.807) is 30.7 Å². The number of rotatable bonds is 9. The van der Waals surface area contributed by atoms with Gasteiger partial charge in [-0.05, 0) is 12.1 Å². The van der Waals surface area contributed by atoms with E-state index < -0.39 is 10.8 Å². The van der Waals surface area contributed by atoms with Gasteiger partial charge in [0.2, 0.25) is 0 Å². The Morgan fingerprint density at radius 2 is 1.92 bits per heavy atom. The number of pyridine rings is 2. The van der Waals surface area contributed by atoms with Gasteiger partial charge in [0.1, 0.15) is 18.5 Å². The number of ether oxygens (including phenoxy) is 2. The van der Waals surface area contributed by atoms with Crippen molar-refractivity contribution in [2.75, 3.05) is 42.8 Å². The maximum absolute atomic E-state index is 11.7. The summed E-state index contributed by atoms with van der Waals surface area (Å²) in [6.07, 6.45) is 6.19. The van der Waals surface area contributed by atoms with Gasteiger partial charge < -0.3 is 20.1 Å². The van der Waals surface area contributed by atoms with Gasteiger partial charge in [0.15, 0.2) is 11.5 Å². The second-order valence-corrected chi connectivity index (χ2v) is 11.7. The zero-order chi connectivity index (χ0) is 27.6. The molecule has 1 aromatic carbocycles. The lowest BCUT2D eigenvalue weighted by atomic mass is 9.84. The fourth-order valence-corrected chi connectivity index (χ4v) is 6.12. The van der Waals surface area contributed by atoms with Gasteiger partial charge in [0.25, 0.3) is 0 Å². The van der Waals surface area contributed by atoms with Gasteiger partial charge in [0.05, 0.1) is 28.4 Å². The van der Waals surface area contributed by atoms with Crippen LogP contribution < -0.4 is 20.1 Å². The summed E-state index contributed by atoms with van der Waals surface area (Å²) in [4.78, 5) is 10.4. The molecule has 1 aliphatic heterocycles. The Morgan fingerprint density at radius 3 is 2.53 bits per heavy atom. The first-order valence-electron chi connectivity index (χ1n) is 11.5. The smallest absolute Gasteiger partial charge is 0.162 e. The molecule has 198 valence electrons. The third kappa shape index (κ3) is 5.70. The van der Waals surface area contributed by atoms with Gasteiger partial charge in [-0.25, -0.2) is 4.98 Å². The van der Waals surface area contributed by atoms with Gasteiger partial charge >= 0.3 is 0 Å². The Balaban J connectivity index is 1.59. The summed E-state index contributed by atoms with van der Waals surface area (Å²) in [5.74, 6) is 1.85. The molecule has 1 aliphatic rings. The molecule has 2 aromatic heterocycles. The molecule has 1 saturated heterocycles. The number of anilines is 2. The normalized spacial score (nSPS) is 14.8. The highest BCUT2D eigenvalue weighted by atomic mass is 35.5. The summed E-state index contributed by atoms with van der Waals surface area (Å²) in [5.41, 5.74) is 8.26. The average molecular weight is 574 g/mol. The van der Waals surface area contributed by atoms with Crippen LogP contribution in [0.25, 0.3) is 0 Å². The molecule has 1 fully saturated rings. The Morgan fingerprint density at radius 1 is 1.24 bits per heavy atom. The van der Waals surface area contributed by atoms with Crippen LogP contribution in [0.4, 0.5) is 11.5 Å². The van der Waals surface area contributed by atoms with E-state index in [0.717, 1.165) is 0 Å². The van der Waals surface area contributed by atoms with Crippen LogP contribution in [0.3, 0.4) is 0 Å². The van der Waals surface area contributed by atoms with Crippen LogP contribution in [0.1, 0.15) is 29.2 Å². The molecule has 38 heavy (non-hydrogen) atoms. The summed E-state index contributed by atoms with van der Waals surface area (Å²) in [5, 5.41) is 19.4. The number of nitriles is 1. The number of nitrogens with one attached hydrogen (secondary N) is 1. The maximum atomic E-state index is 11.7. The minimum absolute atomic E-state index is 0.0441. The minimum Gasteiger partial charge on any atom is -0.493 e. The van der Waals surface area contributed by atoms with Crippen molar-refractivity contribution in [1.29, 1.82) is 10.7 Å². The molecule has 12 heteroatoms. The molecule has 0 bridgehead atoms. The molecule has 9 nitrogen and oxygen atoms in total. The predicted molar refractivity (Wildman–Crippen MR) is 150 cm³/mol. The third-order valence-electron chi connectivity index (χ3n) is 6.20. The van der Waals surface area contributed by atoms with Crippen molar-refractivity contribution in [2.45, 2.75) is 13.5 Å². The fourth-order valence-electron chi connectivity index (χ4n) is 4.48. The summed E-state index contributed by atoms with van der Waals surface area (Å²) >= 11 is 12.4. The first-order valence-corrected chi connectivity index (χ1v) is 14.0. The van der Waals surface area contributed by atoms with Crippen LogP contribution in [-0.4, -0.2) is 52.1 Å². The Kier molecular flexibility index (Phi) is 8.11. The minimum atomic E-state index is -0.902. The van der Waals surface area contributed by atoms with Crippen LogP contribution in [0.15, 0.2) is 36.8 Å². The first kappa shape index (κ1) is 27.6. The van der Waals surface area contributed by atoms with E-state index in [0.29, 0.717) is 74.1 Å². The molecule has 1 unspecified atom stereocenters. The summed E-state index contributed by atoms with van der Waals surface area (Å²) in [7, 11) is 0.584. The number of nitrogen functional groups attached to an aromatic ring is 1. The lowest BCUT2D eigenvalue weighted by molar-refractivity contribution is 0.280. The largest absolute Gasteiger partial charge is 0.493 e. The summed E-state index contributed by atoms with van der Waals surface area (Å²) < 4.78 is 23.0. The van der Waals surface area contributed by atoms with Gasteiger partial charge in [-0.1, -0.05) is 30.1 Å². The highest BCUT2D eigenvalue weighted by molar-refractivity contribution is 7.84. The van der Waals surface area contributed by atoms with Gasteiger partial charge in [-0.2, -0.15) is 5.26 Å². The fraction of sp³-hybridized carbons (Fsp3) is 0.308. The van der Waals surface area contributed by atoms with Crippen molar-refractivity contribution in [3.05, 3.63) is 69.1 Å². The topological polar surface area (TPSA) is 138 Å². The molecule has 1 atom stereocenters. The van der Waals surface area contributed by atoms with E-state index in [2.05, 4.69) is 23.0 Å². The van der Waals surface area contributed by atoms with Crippen LogP contribution in [0, 0.1) is 22.2 Å². The van der Waals surface area contributed by atoms with E-state index in [9.17, 15) is 9.47 Å². The van der Waals surface area contributed by atoms with Crippen LogP contribution in [-0.2, 0) is 17.4 Å². The molecule has 0 aliphatic carbocycles. The molecule has 0 saturated carbocycles. The third-order valence-corrected chi connectivity index (χ3v) is 7.96. The van der Waals surface area contributed by atoms with Crippen molar-refractivity contribution in [3.8, 4) is 17.6 Å². The van der Waals surface area contributed by atoms with Crippen LogP contribution in [0.2, 0.25) is 10.0 Å². The number of hydrogen-bond acceptors (Lipinski definition) is 9. The van der Waals surface area contributed by atoms with Crippen LogP contribution in [0.5, 0.6) is 11.5 Å². The van der Waals surface area contributed by atoms with E-state index in [1.165, 1.54) is 19.5 Å². The van der Waals surface area contributed by atoms with Gasteiger partial charge in [-0.3, -0.25) is 14.6 Å². The molecular formula is C26H26Cl2N6O3S. The molecular weight excluding hydrogens is 547 g/mol. The lowest BCUT2D eigenvalue weighted by Gasteiger charge is -2.48. The van der Waals surface area contributed by atoms with Crippen molar-refractivity contribution >= 4 is 51.2 Å². The van der Waals surface area contributed by atoms with E-state index in [1.807, 2.05) is 4.90 Å². The molecule has 4 rings (SSSR count). The summed E-state index contributed by atoms with van der Waals surface area (Å²) in [6, 6.07) is 6.98. The Bertz CT molecular complexity index is 1450. The Labute approximate surface area is 233 Å². The zero-order valence-corrected chi connectivity index (χ0v) is 23.4. The number of nitrogens with two attached hydrogens (primary N) is 1. The lowest BCUT2D eigenvalue weighted by Crippen LogP contribution is -2.57. The van der Waals surface area contributed by atoms with Crippen LogP contribution >= 0.6 is 23.2 Å². The van der Waals surface area contributed by atoms with Crippen molar-refractivity contribution in [2.24, 2.45) is 5.41 Å². The number of benzene rings is 1. The standard InChI is InChI=1S/C26H26Cl2N6O3S/c1-26(14-38(3)35)12-34(13-26)25-15(7-29)4-16(8-33-25)24(31)17-5-23(22(36-2)6-21(17)30)37-11-18-19(27)9-32-10-20(18)28/h4-6,8-10,31H,11-14,30H2,1-3H3. The average Bonchev–Trinajstić information content (AvgIpc) is 2.86. The maximum Gasteiger partial charge on any atom is 0.162 e. The number of hydrogen-bond donors (Lipinski definition) is 2. The number of nitrogens with zero attached hydrogens (tertiary/aromatic N) is 4. The number of halogens is 2. The van der Waals surface area contributed by atoms with E-state index in [-0.39, 0.29) is 17.7 Å². The highest BCUT2D eigenvalue weighted by Crippen LogP contribution is 2.37. The predicted octanol–water partition coefficient (Wildman–Crippen LogP) is 4.45.